The molecule has 0 amide bonds. The molecule has 122 valence electrons. The summed E-state index contributed by atoms with van der Waals surface area (Å²) in [7, 11) is 1.27. The van der Waals surface area contributed by atoms with E-state index in [-0.39, 0.29) is 0 Å². The standard InChI is InChI=1S/C18H16N2O4/c1-10-3-5-12(6-4-10)16-15-14(23-18(21)22-2)9-13(11-7-8-11)19-17(15)24-20-16/h3-6,9,11H,7-8H2,1-2H3. The van der Waals surface area contributed by atoms with Gasteiger partial charge in [0.2, 0.25) is 0 Å². The van der Waals surface area contributed by atoms with Crippen LogP contribution in [0.3, 0.4) is 0 Å². The van der Waals surface area contributed by atoms with Crippen molar-refractivity contribution >= 4 is 17.3 Å². The normalized spacial score (nSPS) is 13.9. The van der Waals surface area contributed by atoms with Crippen molar-refractivity contribution in [3.05, 3.63) is 41.6 Å². The molecule has 0 saturated heterocycles. The van der Waals surface area contributed by atoms with Crippen molar-refractivity contribution in [2.75, 3.05) is 7.11 Å². The number of benzene rings is 1. The number of fused-ring (bicyclic) bond motifs is 1. The number of carbonyl (C=O) groups is 1. The van der Waals surface area contributed by atoms with Crippen LogP contribution >= 0.6 is 0 Å². The van der Waals surface area contributed by atoms with Gasteiger partial charge >= 0.3 is 6.16 Å². The number of ether oxygens (including phenoxy) is 2. The van der Waals surface area contributed by atoms with Crippen LogP contribution in [0.4, 0.5) is 4.79 Å². The summed E-state index contributed by atoms with van der Waals surface area (Å²) in [5.41, 5.74) is 3.84. The molecule has 1 aliphatic rings. The maximum Gasteiger partial charge on any atom is 0.513 e. The number of rotatable bonds is 3. The maximum absolute atomic E-state index is 11.6. The van der Waals surface area contributed by atoms with Crippen LogP contribution in [0.1, 0.15) is 30.0 Å². The van der Waals surface area contributed by atoms with Gasteiger partial charge in [-0.2, -0.15) is 0 Å². The van der Waals surface area contributed by atoms with Gasteiger partial charge in [-0.05, 0) is 19.8 Å². The first kappa shape index (κ1) is 14.7. The topological polar surface area (TPSA) is 74.5 Å². The van der Waals surface area contributed by atoms with Crippen molar-refractivity contribution in [3.8, 4) is 17.0 Å². The Labute approximate surface area is 138 Å². The molecule has 3 aromatic rings. The molecule has 6 nitrogen and oxygen atoms in total. The second kappa shape index (κ2) is 5.63. The van der Waals surface area contributed by atoms with Gasteiger partial charge in [-0.25, -0.2) is 9.78 Å². The zero-order valence-corrected chi connectivity index (χ0v) is 13.4. The van der Waals surface area contributed by atoms with Gasteiger partial charge in [0.15, 0.2) is 5.75 Å². The van der Waals surface area contributed by atoms with Crippen molar-refractivity contribution in [2.24, 2.45) is 0 Å². The van der Waals surface area contributed by atoms with E-state index >= 15 is 0 Å². The van der Waals surface area contributed by atoms with Crippen molar-refractivity contribution in [1.82, 2.24) is 10.1 Å². The Bertz CT molecular complexity index is 911. The summed E-state index contributed by atoms with van der Waals surface area (Å²) in [6.45, 7) is 2.01. The number of nitrogens with zero attached hydrogens (tertiary/aromatic N) is 2. The molecule has 0 unspecified atom stereocenters. The largest absolute Gasteiger partial charge is 0.513 e. The summed E-state index contributed by atoms with van der Waals surface area (Å²) < 4.78 is 15.4. The Balaban J connectivity index is 1.88. The number of hydrogen-bond acceptors (Lipinski definition) is 6. The highest BCUT2D eigenvalue weighted by Crippen LogP contribution is 2.43. The lowest BCUT2D eigenvalue weighted by Crippen LogP contribution is -2.08. The van der Waals surface area contributed by atoms with Crippen molar-refractivity contribution in [1.29, 1.82) is 0 Å². The molecule has 1 fully saturated rings. The van der Waals surface area contributed by atoms with Crippen molar-refractivity contribution < 1.29 is 18.8 Å². The number of carbonyl (C=O) groups excluding carboxylic acids is 1. The van der Waals surface area contributed by atoms with E-state index in [9.17, 15) is 4.79 Å². The smallest absolute Gasteiger partial charge is 0.437 e. The molecule has 1 saturated carbocycles. The van der Waals surface area contributed by atoms with Crippen LogP contribution in [-0.4, -0.2) is 23.4 Å². The Morgan fingerprint density at radius 1 is 1.25 bits per heavy atom. The van der Waals surface area contributed by atoms with E-state index in [0.717, 1.165) is 29.7 Å². The molecule has 0 radical (unpaired) electrons. The molecule has 6 heteroatoms. The Morgan fingerprint density at radius 2 is 2.00 bits per heavy atom. The number of pyridine rings is 1. The molecule has 0 N–H and O–H groups in total. The fraction of sp³-hybridized carbons (Fsp3) is 0.278. The maximum atomic E-state index is 11.6. The molecule has 0 bridgehead atoms. The van der Waals surface area contributed by atoms with Crippen molar-refractivity contribution in [2.45, 2.75) is 25.7 Å². The van der Waals surface area contributed by atoms with Gasteiger partial charge in [-0.1, -0.05) is 35.0 Å². The van der Waals surface area contributed by atoms with E-state index < -0.39 is 6.16 Å². The number of aromatic nitrogens is 2. The minimum atomic E-state index is -0.777. The van der Waals surface area contributed by atoms with Crippen LogP contribution in [0.25, 0.3) is 22.4 Å². The first-order chi connectivity index (χ1) is 11.7. The monoisotopic (exact) mass is 324 g/mol. The van der Waals surface area contributed by atoms with Crippen molar-refractivity contribution in [3.63, 3.8) is 0 Å². The zero-order valence-electron chi connectivity index (χ0n) is 13.4. The highest BCUT2D eigenvalue weighted by atomic mass is 16.7. The molecule has 1 aliphatic carbocycles. The van der Waals surface area contributed by atoms with Crippen LogP contribution in [0.15, 0.2) is 34.9 Å². The molecular formula is C18H16N2O4. The minimum Gasteiger partial charge on any atom is -0.437 e. The van der Waals surface area contributed by atoms with Crippen LogP contribution in [0.2, 0.25) is 0 Å². The Kier molecular flexibility index (Phi) is 3.45. The van der Waals surface area contributed by atoms with E-state index in [4.69, 9.17) is 9.26 Å². The number of methoxy groups -OCH3 is 1. The van der Waals surface area contributed by atoms with E-state index in [2.05, 4.69) is 14.9 Å². The molecular weight excluding hydrogens is 308 g/mol. The molecule has 24 heavy (non-hydrogen) atoms. The van der Waals surface area contributed by atoms with E-state index in [1.165, 1.54) is 7.11 Å². The van der Waals surface area contributed by atoms with Gasteiger partial charge in [-0.3, -0.25) is 0 Å². The Morgan fingerprint density at radius 3 is 2.67 bits per heavy atom. The minimum absolute atomic E-state index is 0.366. The molecule has 4 rings (SSSR count). The summed E-state index contributed by atoms with van der Waals surface area (Å²) >= 11 is 0. The molecule has 0 spiro atoms. The summed E-state index contributed by atoms with van der Waals surface area (Å²) in [6.07, 6.45) is 1.38. The van der Waals surface area contributed by atoms with E-state index in [0.29, 0.717) is 28.5 Å². The van der Waals surface area contributed by atoms with Gasteiger partial charge in [0.1, 0.15) is 11.1 Å². The second-order valence-electron chi connectivity index (χ2n) is 5.95. The highest BCUT2D eigenvalue weighted by Gasteiger charge is 2.29. The lowest BCUT2D eigenvalue weighted by Gasteiger charge is -2.07. The molecule has 1 aromatic carbocycles. The lowest BCUT2D eigenvalue weighted by atomic mass is 10.1. The third-order valence-corrected chi connectivity index (χ3v) is 4.11. The molecule has 2 aromatic heterocycles. The summed E-state index contributed by atoms with van der Waals surface area (Å²) in [6, 6.07) is 9.66. The molecule has 0 atom stereocenters. The van der Waals surface area contributed by atoms with Crippen LogP contribution in [0.5, 0.6) is 5.75 Å². The Hall–Kier alpha value is -2.89. The van der Waals surface area contributed by atoms with Crippen LogP contribution in [-0.2, 0) is 4.74 Å². The first-order valence-electron chi connectivity index (χ1n) is 7.79. The predicted molar refractivity (Wildman–Crippen MR) is 87.0 cm³/mol. The fourth-order valence-corrected chi connectivity index (χ4v) is 2.64. The average molecular weight is 324 g/mol. The molecule has 2 heterocycles. The summed E-state index contributed by atoms with van der Waals surface area (Å²) in [5.74, 6) is 0.757. The third kappa shape index (κ3) is 2.60. The summed E-state index contributed by atoms with van der Waals surface area (Å²) in [4.78, 5) is 16.2. The molecule has 0 aliphatic heterocycles. The zero-order chi connectivity index (χ0) is 16.7. The van der Waals surface area contributed by atoms with E-state index in [1.54, 1.807) is 6.07 Å². The fourth-order valence-electron chi connectivity index (χ4n) is 2.64. The second-order valence-corrected chi connectivity index (χ2v) is 5.95. The first-order valence-corrected chi connectivity index (χ1v) is 7.79. The SMILES string of the molecule is COC(=O)Oc1cc(C2CC2)nc2onc(-c3ccc(C)cc3)c12. The van der Waals surface area contributed by atoms with E-state index in [1.807, 2.05) is 31.2 Å². The van der Waals surface area contributed by atoms with Crippen LogP contribution < -0.4 is 4.74 Å². The number of hydrogen-bond donors (Lipinski definition) is 0. The van der Waals surface area contributed by atoms with Gasteiger partial charge in [0, 0.05) is 17.5 Å². The third-order valence-electron chi connectivity index (χ3n) is 4.11. The quantitative estimate of drug-likeness (QED) is 0.671. The predicted octanol–water partition coefficient (Wildman–Crippen LogP) is 4.22. The highest BCUT2D eigenvalue weighted by molar-refractivity contribution is 5.95. The summed E-state index contributed by atoms with van der Waals surface area (Å²) in [5, 5.41) is 4.72. The lowest BCUT2D eigenvalue weighted by molar-refractivity contribution is 0.122. The van der Waals surface area contributed by atoms with Gasteiger partial charge in [0.05, 0.1) is 12.8 Å². The van der Waals surface area contributed by atoms with Crippen LogP contribution in [0, 0.1) is 6.92 Å². The average Bonchev–Trinajstić information content (AvgIpc) is 3.35. The van der Waals surface area contributed by atoms with Gasteiger partial charge in [-0.15, -0.1) is 0 Å². The number of aryl methyl sites for hydroxylation is 1. The van der Waals surface area contributed by atoms with Gasteiger partial charge in [0.25, 0.3) is 5.71 Å². The van der Waals surface area contributed by atoms with Gasteiger partial charge < -0.3 is 14.0 Å².